The molecule has 4 nitrogen and oxygen atoms in total. The van der Waals surface area contributed by atoms with E-state index >= 15 is 0 Å². The SMILES string of the molecule is CCOC(=O)CC(N)c1cc2ccccc2o1. The molecule has 1 aromatic heterocycles. The first-order chi connectivity index (χ1) is 8.20. The second kappa shape index (κ2) is 5.01. The van der Waals surface area contributed by atoms with Crippen LogP contribution in [0.5, 0.6) is 0 Å². The molecule has 0 fully saturated rings. The van der Waals surface area contributed by atoms with Crippen LogP contribution in [0.25, 0.3) is 11.0 Å². The topological polar surface area (TPSA) is 65.5 Å². The van der Waals surface area contributed by atoms with Crippen LogP contribution >= 0.6 is 0 Å². The van der Waals surface area contributed by atoms with Crippen molar-refractivity contribution >= 4 is 16.9 Å². The zero-order valence-electron chi connectivity index (χ0n) is 9.68. The Morgan fingerprint density at radius 3 is 2.94 bits per heavy atom. The van der Waals surface area contributed by atoms with Crippen LogP contribution in [0.4, 0.5) is 0 Å². The first-order valence-electron chi connectivity index (χ1n) is 5.60. The van der Waals surface area contributed by atoms with Crippen molar-refractivity contribution in [3.8, 4) is 0 Å². The number of esters is 1. The molecule has 2 N–H and O–H groups in total. The molecule has 2 aromatic rings. The summed E-state index contributed by atoms with van der Waals surface area (Å²) >= 11 is 0. The van der Waals surface area contributed by atoms with Crippen molar-refractivity contribution in [1.29, 1.82) is 0 Å². The summed E-state index contributed by atoms with van der Waals surface area (Å²) in [5.41, 5.74) is 6.67. The van der Waals surface area contributed by atoms with Gasteiger partial charge < -0.3 is 14.9 Å². The minimum absolute atomic E-state index is 0.133. The van der Waals surface area contributed by atoms with E-state index in [-0.39, 0.29) is 12.4 Å². The van der Waals surface area contributed by atoms with Crippen molar-refractivity contribution in [3.05, 3.63) is 36.1 Å². The third kappa shape index (κ3) is 2.65. The van der Waals surface area contributed by atoms with Crippen LogP contribution in [0.1, 0.15) is 25.1 Å². The predicted molar refractivity (Wildman–Crippen MR) is 64.4 cm³/mol. The normalized spacial score (nSPS) is 12.6. The Morgan fingerprint density at radius 2 is 2.24 bits per heavy atom. The Kier molecular flexibility index (Phi) is 3.44. The standard InChI is InChI=1S/C13H15NO3/c1-2-16-13(15)8-10(14)12-7-9-5-3-4-6-11(9)17-12/h3-7,10H,2,8,14H2,1H3. The van der Waals surface area contributed by atoms with Gasteiger partial charge in [0, 0.05) is 5.39 Å². The predicted octanol–water partition coefficient (Wildman–Crippen LogP) is 2.39. The molecule has 17 heavy (non-hydrogen) atoms. The summed E-state index contributed by atoms with van der Waals surface area (Å²) in [5, 5.41) is 0.988. The van der Waals surface area contributed by atoms with Gasteiger partial charge in [-0.3, -0.25) is 4.79 Å². The molecule has 0 aliphatic carbocycles. The highest BCUT2D eigenvalue weighted by molar-refractivity contribution is 5.78. The summed E-state index contributed by atoms with van der Waals surface area (Å²) in [6.45, 7) is 2.14. The Bertz CT molecular complexity index is 485. The lowest BCUT2D eigenvalue weighted by Gasteiger charge is -2.07. The Labute approximate surface area is 99.3 Å². The second-order valence-electron chi connectivity index (χ2n) is 3.80. The van der Waals surface area contributed by atoms with Gasteiger partial charge in [0.05, 0.1) is 19.1 Å². The molecule has 0 saturated carbocycles. The zero-order chi connectivity index (χ0) is 12.3. The summed E-state index contributed by atoms with van der Waals surface area (Å²) in [6, 6.07) is 9.04. The fourth-order valence-corrected chi connectivity index (χ4v) is 1.69. The van der Waals surface area contributed by atoms with Gasteiger partial charge in [0.25, 0.3) is 0 Å². The number of hydrogen-bond donors (Lipinski definition) is 1. The Hall–Kier alpha value is -1.81. The van der Waals surface area contributed by atoms with E-state index in [1.807, 2.05) is 30.3 Å². The van der Waals surface area contributed by atoms with E-state index in [1.165, 1.54) is 0 Å². The van der Waals surface area contributed by atoms with E-state index in [0.29, 0.717) is 12.4 Å². The molecule has 0 aliphatic rings. The van der Waals surface area contributed by atoms with Crippen LogP contribution in [0.15, 0.2) is 34.7 Å². The summed E-state index contributed by atoms with van der Waals surface area (Å²) in [7, 11) is 0. The minimum Gasteiger partial charge on any atom is -0.466 e. The molecule has 1 aromatic carbocycles. The maximum absolute atomic E-state index is 11.3. The van der Waals surface area contributed by atoms with Crippen molar-refractivity contribution in [2.24, 2.45) is 5.73 Å². The van der Waals surface area contributed by atoms with Crippen molar-refractivity contribution in [2.75, 3.05) is 6.61 Å². The maximum Gasteiger partial charge on any atom is 0.307 e. The van der Waals surface area contributed by atoms with Gasteiger partial charge in [0.15, 0.2) is 0 Å². The van der Waals surface area contributed by atoms with Crippen molar-refractivity contribution in [1.82, 2.24) is 0 Å². The molecule has 2 rings (SSSR count). The number of benzene rings is 1. The summed E-state index contributed by atoms with van der Waals surface area (Å²) in [4.78, 5) is 11.3. The Balaban J connectivity index is 2.13. The van der Waals surface area contributed by atoms with E-state index in [0.717, 1.165) is 11.0 Å². The Morgan fingerprint density at radius 1 is 1.47 bits per heavy atom. The number of ether oxygens (including phenoxy) is 1. The fourth-order valence-electron chi connectivity index (χ4n) is 1.69. The molecule has 0 bridgehead atoms. The highest BCUT2D eigenvalue weighted by Gasteiger charge is 2.16. The quantitative estimate of drug-likeness (QED) is 0.823. The van der Waals surface area contributed by atoms with Gasteiger partial charge >= 0.3 is 5.97 Å². The molecule has 0 radical (unpaired) electrons. The smallest absolute Gasteiger partial charge is 0.307 e. The zero-order valence-corrected chi connectivity index (χ0v) is 9.68. The van der Waals surface area contributed by atoms with Crippen LogP contribution < -0.4 is 5.73 Å². The lowest BCUT2D eigenvalue weighted by atomic mass is 10.1. The number of nitrogens with two attached hydrogens (primary N) is 1. The van der Waals surface area contributed by atoms with E-state index < -0.39 is 6.04 Å². The number of carbonyl (C=O) groups is 1. The van der Waals surface area contributed by atoms with E-state index in [1.54, 1.807) is 6.92 Å². The van der Waals surface area contributed by atoms with E-state index in [2.05, 4.69) is 0 Å². The maximum atomic E-state index is 11.3. The van der Waals surface area contributed by atoms with Crippen LogP contribution in [-0.2, 0) is 9.53 Å². The molecular formula is C13H15NO3. The van der Waals surface area contributed by atoms with Crippen molar-refractivity contribution in [3.63, 3.8) is 0 Å². The van der Waals surface area contributed by atoms with Gasteiger partial charge in [-0.2, -0.15) is 0 Å². The van der Waals surface area contributed by atoms with Gasteiger partial charge in [-0.1, -0.05) is 18.2 Å². The third-order valence-electron chi connectivity index (χ3n) is 2.50. The van der Waals surface area contributed by atoms with Crippen molar-refractivity contribution in [2.45, 2.75) is 19.4 Å². The van der Waals surface area contributed by atoms with Crippen molar-refractivity contribution < 1.29 is 13.9 Å². The summed E-state index contributed by atoms with van der Waals surface area (Å²) < 4.78 is 10.4. The number of fused-ring (bicyclic) bond motifs is 1. The minimum atomic E-state index is -0.457. The van der Waals surface area contributed by atoms with E-state index in [4.69, 9.17) is 14.9 Å². The molecule has 4 heteroatoms. The lowest BCUT2D eigenvalue weighted by Crippen LogP contribution is -2.16. The average molecular weight is 233 g/mol. The largest absolute Gasteiger partial charge is 0.466 e. The number of rotatable bonds is 4. The van der Waals surface area contributed by atoms with Gasteiger partial charge in [0.1, 0.15) is 11.3 Å². The molecule has 0 aliphatic heterocycles. The molecule has 1 unspecified atom stereocenters. The van der Waals surface area contributed by atoms with E-state index in [9.17, 15) is 4.79 Å². The van der Waals surface area contributed by atoms with Crippen LogP contribution in [0.2, 0.25) is 0 Å². The molecule has 1 heterocycles. The van der Waals surface area contributed by atoms with Gasteiger partial charge in [-0.15, -0.1) is 0 Å². The van der Waals surface area contributed by atoms with Gasteiger partial charge in [-0.05, 0) is 19.1 Å². The fraction of sp³-hybridized carbons (Fsp3) is 0.308. The third-order valence-corrected chi connectivity index (χ3v) is 2.50. The highest BCUT2D eigenvalue weighted by Crippen LogP contribution is 2.24. The number of para-hydroxylation sites is 1. The van der Waals surface area contributed by atoms with Gasteiger partial charge in [0.2, 0.25) is 0 Å². The van der Waals surface area contributed by atoms with Crippen LogP contribution in [-0.4, -0.2) is 12.6 Å². The monoisotopic (exact) mass is 233 g/mol. The average Bonchev–Trinajstić information content (AvgIpc) is 2.72. The number of furan rings is 1. The number of hydrogen-bond acceptors (Lipinski definition) is 4. The molecule has 0 amide bonds. The molecule has 90 valence electrons. The van der Waals surface area contributed by atoms with Crippen LogP contribution in [0, 0.1) is 0 Å². The van der Waals surface area contributed by atoms with Crippen LogP contribution in [0.3, 0.4) is 0 Å². The molecule has 0 spiro atoms. The summed E-state index contributed by atoms with van der Waals surface area (Å²) in [6.07, 6.45) is 0.133. The molecule has 1 atom stereocenters. The van der Waals surface area contributed by atoms with Gasteiger partial charge in [-0.25, -0.2) is 0 Å². The summed E-state index contributed by atoms with van der Waals surface area (Å²) in [5.74, 6) is 0.305. The molecule has 0 saturated heterocycles. The second-order valence-corrected chi connectivity index (χ2v) is 3.80. The lowest BCUT2D eigenvalue weighted by molar-refractivity contribution is -0.143. The highest BCUT2D eigenvalue weighted by atomic mass is 16.5. The number of carbonyl (C=O) groups excluding carboxylic acids is 1. The first kappa shape index (κ1) is 11.7. The molecular weight excluding hydrogens is 218 g/mol. The first-order valence-corrected chi connectivity index (χ1v) is 5.60.